The van der Waals surface area contributed by atoms with Crippen molar-refractivity contribution in [2.75, 3.05) is 13.2 Å². The fourth-order valence-corrected chi connectivity index (χ4v) is 2.25. The molecule has 1 aromatic heterocycles. The Hall–Kier alpha value is -2.50. The number of carboxylic acids is 1. The fraction of sp³-hybridized carbons (Fsp3) is 0.286. The molecule has 1 aliphatic rings. The van der Waals surface area contributed by atoms with E-state index < -0.39 is 5.97 Å². The van der Waals surface area contributed by atoms with Crippen LogP contribution in [0.1, 0.15) is 6.42 Å². The number of hydrogen-bond donors (Lipinski definition) is 1. The summed E-state index contributed by atoms with van der Waals surface area (Å²) in [6.45, 7) is 1.22. The molecule has 0 bridgehead atoms. The summed E-state index contributed by atoms with van der Waals surface area (Å²) in [6.07, 6.45) is 1.59. The van der Waals surface area contributed by atoms with Crippen molar-refractivity contribution in [1.82, 2.24) is 4.57 Å². The zero-order valence-corrected chi connectivity index (χ0v) is 10.7. The molecule has 2 heterocycles. The Kier molecular flexibility index (Phi) is 3.06. The summed E-state index contributed by atoms with van der Waals surface area (Å²) in [5.41, 5.74) is 0.534. The van der Waals surface area contributed by atoms with Gasteiger partial charge in [0.05, 0.1) is 11.9 Å². The van der Waals surface area contributed by atoms with Gasteiger partial charge in [-0.25, -0.2) is 0 Å². The van der Waals surface area contributed by atoms with Crippen molar-refractivity contribution < 1.29 is 19.4 Å². The van der Waals surface area contributed by atoms with E-state index >= 15 is 0 Å². The normalized spacial score (nSPS) is 13.4. The number of nitrogens with zero attached hydrogens (tertiary/aromatic N) is 1. The van der Waals surface area contributed by atoms with Crippen LogP contribution in [-0.4, -0.2) is 28.9 Å². The zero-order chi connectivity index (χ0) is 14.1. The van der Waals surface area contributed by atoms with E-state index in [-0.39, 0.29) is 11.8 Å². The number of ether oxygens (including phenoxy) is 2. The van der Waals surface area contributed by atoms with E-state index in [9.17, 15) is 9.59 Å². The second-order valence-corrected chi connectivity index (χ2v) is 4.53. The van der Waals surface area contributed by atoms with Crippen LogP contribution in [0.15, 0.2) is 29.2 Å². The van der Waals surface area contributed by atoms with Crippen LogP contribution in [0, 0.1) is 0 Å². The van der Waals surface area contributed by atoms with E-state index in [1.807, 2.05) is 0 Å². The van der Waals surface area contributed by atoms with Gasteiger partial charge in [-0.1, -0.05) is 0 Å². The lowest BCUT2D eigenvalue weighted by molar-refractivity contribution is -0.137. The second kappa shape index (κ2) is 4.88. The number of carboxylic acid groups (broad SMARTS) is 1. The Bertz CT molecular complexity index is 734. The summed E-state index contributed by atoms with van der Waals surface area (Å²) in [7, 11) is 0. The Morgan fingerprint density at radius 3 is 2.65 bits per heavy atom. The number of aryl methyl sites for hydroxylation is 1. The molecule has 2 aromatic rings. The van der Waals surface area contributed by atoms with Gasteiger partial charge in [0.1, 0.15) is 13.2 Å². The second-order valence-electron chi connectivity index (χ2n) is 4.53. The molecule has 0 amide bonds. The first-order valence-corrected chi connectivity index (χ1v) is 6.30. The van der Waals surface area contributed by atoms with Gasteiger partial charge in [0, 0.05) is 30.3 Å². The van der Waals surface area contributed by atoms with E-state index in [4.69, 9.17) is 14.6 Å². The lowest BCUT2D eigenvalue weighted by Crippen LogP contribution is -2.17. The maximum absolute atomic E-state index is 11.9. The topological polar surface area (TPSA) is 77.8 Å². The minimum absolute atomic E-state index is 0.00753. The maximum atomic E-state index is 11.9. The van der Waals surface area contributed by atoms with Gasteiger partial charge in [-0.2, -0.15) is 0 Å². The summed E-state index contributed by atoms with van der Waals surface area (Å²) in [5.74, 6) is 0.254. The largest absolute Gasteiger partial charge is 0.486 e. The average Bonchev–Trinajstić information content (AvgIpc) is 2.45. The minimum atomic E-state index is -0.880. The van der Waals surface area contributed by atoms with E-state index in [1.54, 1.807) is 22.9 Å². The third-order valence-electron chi connectivity index (χ3n) is 3.21. The predicted octanol–water partition coefficient (Wildman–Crippen LogP) is 1.25. The van der Waals surface area contributed by atoms with E-state index in [2.05, 4.69) is 0 Å². The smallest absolute Gasteiger partial charge is 0.305 e. The van der Waals surface area contributed by atoms with Crippen LogP contribution in [0.3, 0.4) is 0 Å². The van der Waals surface area contributed by atoms with Gasteiger partial charge in [-0.05, 0) is 6.07 Å². The van der Waals surface area contributed by atoms with E-state index in [0.717, 1.165) is 0 Å². The monoisotopic (exact) mass is 275 g/mol. The third kappa shape index (κ3) is 2.20. The number of rotatable bonds is 3. The van der Waals surface area contributed by atoms with Crippen LogP contribution >= 0.6 is 0 Å². The molecule has 1 N–H and O–H groups in total. The molecule has 20 heavy (non-hydrogen) atoms. The first kappa shape index (κ1) is 12.5. The van der Waals surface area contributed by atoms with Crippen molar-refractivity contribution in [3.05, 3.63) is 34.6 Å². The van der Waals surface area contributed by atoms with Crippen LogP contribution in [-0.2, 0) is 11.3 Å². The molecule has 0 radical (unpaired) electrons. The Balaban J connectivity index is 2.14. The van der Waals surface area contributed by atoms with E-state index in [1.165, 1.54) is 6.07 Å². The van der Waals surface area contributed by atoms with Gasteiger partial charge < -0.3 is 19.1 Å². The number of pyridine rings is 1. The Morgan fingerprint density at radius 1 is 1.25 bits per heavy atom. The maximum Gasteiger partial charge on any atom is 0.305 e. The highest BCUT2D eigenvalue weighted by Gasteiger charge is 2.15. The molecule has 104 valence electrons. The molecule has 3 rings (SSSR count). The lowest BCUT2D eigenvalue weighted by Gasteiger charge is -2.20. The number of hydrogen-bond acceptors (Lipinski definition) is 4. The molecule has 0 aliphatic carbocycles. The number of aliphatic carboxylic acids is 1. The number of carbonyl (C=O) groups is 1. The molecule has 1 aromatic carbocycles. The fourth-order valence-electron chi connectivity index (χ4n) is 2.25. The van der Waals surface area contributed by atoms with Gasteiger partial charge >= 0.3 is 5.97 Å². The molecule has 0 saturated heterocycles. The van der Waals surface area contributed by atoms with Gasteiger partial charge in [0.2, 0.25) is 0 Å². The molecular formula is C14H13NO5. The van der Waals surface area contributed by atoms with Crippen molar-refractivity contribution in [2.24, 2.45) is 0 Å². The SMILES string of the molecule is O=C(O)CCn1ccc(=O)c2cc3c(cc21)OCCO3. The molecule has 0 unspecified atom stereocenters. The van der Waals surface area contributed by atoms with Gasteiger partial charge in [0.15, 0.2) is 16.9 Å². The zero-order valence-electron chi connectivity index (χ0n) is 10.7. The summed E-state index contributed by atoms with van der Waals surface area (Å²) in [4.78, 5) is 22.6. The van der Waals surface area contributed by atoms with Gasteiger partial charge in [-0.3, -0.25) is 9.59 Å². The number of benzene rings is 1. The molecule has 6 nitrogen and oxygen atoms in total. The highest BCUT2D eigenvalue weighted by molar-refractivity contribution is 5.83. The first-order valence-electron chi connectivity index (χ1n) is 6.30. The van der Waals surface area contributed by atoms with Crippen molar-refractivity contribution in [3.63, 3.8) is 0 Å². The number of aromatic nitrogens is 1. The number of fused-ring (bicyclic) bond motifs is 2. The minimum Gasteiger partial charge on any atom is -0.486 e. The van der Waals surface area contributed by atoms with Crippen molar-refractivity contribution in [3.8, 4) is 11.5 Å². The highest BCUT2D eigenvalue weighted by atomic mass is 16.6. The first-order chi connectivity index (χ1) is 9.65. The van der Waals surface area contributed by atoms with Crippen LogP contribution in [0.5, 0.6) is 11.5 Å². The van der Waals surface area contributed by atoms with Gasteiger partial charge in [0.25, 0.3) is 0 Å². The molecule has 1 aliphatic heterocycles. The van der Waals surface area contributed by atoms with Crippen molar-refractivity contribution >= 4 is 16.9 Å². The van der Waals surface area contributed by atoms with Crippen LogP contribution in [0.25, 0.3) is 10.9 Å². The highest BCUT2D eigenvalue weighted by Crippen LogP contribution is 2.33. The summed E-state index contributed by atoms with van der Waals surface area (Å²) >= 11 is 0. The van der Waals surface area contributed by atoms with Crippen molar-refractivity contribution in [1.29, 1.82) is 0 Å². The average molecular weight is 275 g/mol. The van der Waals surface area contributed by atoms with Crippen molar-refractivity contribution in [2.45, 2.75) is 13.0 Å². The van der Waals surface area contributed by atoms with Crippen LogP contribution in [0.4, 0.5) is 0 Å². The molecule has 0 fully saturated rings. The van der Waals surface area contributed by atoms with Gasteiger partial charge in [-0.15, -0.1) is 0 Å². The van der Waals surface area contributed by atoms with Crippen LogP contribution < -0.4 is 14.9 Å². The molecule has 0 spiro atoms. The quantitative estimate of drug-likeness (QED) is 0.912. The molecule has 0 atom stereocenters. The third-order valence-corrected chi connectivity index (χ3v) is 3.21. The molecule has 6 heteroatoms. The molecule has 0 saturated carbocycles. The summed E-state index contributed by atoms with van der Waals surface area (Å²) < 4.78 is 12.7. The predicted molar refractivity (Wildman–Crippen MR) is 71.5 cm³/mol. The lowest BCUT2D eigenvalue weighted by atomic mass is 10.1. The Labute approximate surface area is 114 Å². The Morgan fingerprint density at radius 2 is 1.95 bits per heavy atom. The standard InChI is InChI=1S/C14H13NO5/c16-11-1-3-15(4-2-14(17)18)10-8-13-12(7-9(10)11)19-5-6-20-13/h1,3,7-8H,2,4-6H2,(H,17,18). The van der Waals surface area contributed by atoms with Crippen LogP contribution in [0.2, 0.25) is 0 Å². The summed E-state index contributed by atoms with van der Waals surface area (Å²) in [5, 5.41) is 9.28. The summed E-state index contributed by atoms with van der Waals surface area (Å²) in [6, 6.07) is 4.82. The van der Waals surface area contributed by atoms with E-state index in [0.29, 0.717) is 42.2 Å². The molecular weight excluding hydrogens is 262 g/mol.